The molecule has 0 saturated carbocycles. The number of aromatic nitrogens is 3. The predicted molar refractivity (Wildman–Crippen MR) is 128 cm³/mol. The lowest BCUT2D eigenvalue weighted by molar-refractivity contribution is -0.144. The zero-order valence-electron chi connectivity index (χ0n) is 18.7. The van der Waals surface area contributed by atoms with Crippen molar-refractivity contribution < 1.29 is 19.4 Å². The molecule has 0 aliphatic heterocycles. The van der Waals surface area contributed by atoms with Crippen LogP contribution in [0, 0.1) is 0 Å². The van der Waals surface area contributed by atoms with E-state index in [1.54, 1.807) is 49.4 Å². The predicted octanol–water partition coefficient (Wildman–Crippen LogP) is 3.64. The number of benzene rings is 2. The minimum absolute atomic E-state index is 0.0103. The second-order valence-corrected chi connectivity index (χ2v) is 7.91. The van der Waals surface area contributed by atoms with Crippen LogP contribution in [0.4, 0.5) is 0 Å². The highest BCUT2D eigenvalue weighted by Crippen LogP contribution is 2.37. The Kier molecular flexibility index (Phi) is 6.21. The third-order valence-electron chi connectivity index (χ3n) is 5.66. The van der Waals surface area contributed by atoms with Gasteiger partial charge in [-0.05, 0) is 36.2 Å². The van der Waals surface area contributed by atoms with Crippen LogP contribution in [-0.2, 0) is 9.53 Å². The van der Waals surface area contributed by atoms with Crippen molar-refractivity contribution in [1.29, 1.82) is 0 Å². The number of aromatic amines is 1. The molecule has 0 spiro atoms. The summed E-state index contributed by atoms with van der Waals surface area (Å²) in [5, 5.41) is 10.6. The van der Waals surface area contributed by atoms with E-state index in [1.165, 1.54) is 24.9 Å². The van der Waals surface area contributed by atoms with Gasteiger partial charge >= 0.3 is 11.7 Å². The first-order chi connectivity index (χ1) is 16.3. The Morgan fingerprint density at radius 1 is 1.15 bits per heavy atom. The van der Waals surface area contributed by atoms with Gasteiger partial charge in [-0.15, -0.1) is 0 Å². The topological polar surface area (TPSA) is 116 Å². The number of esters is 1. The fraction of sp³-hybridized carbons (Fsp3) is 0.208. The van der Waals surface area contributed by atoms with Crippen LogP contribution in [0.5, 0.6) is 11.5 Å². The molecule has 2 aromatic carbocycles. The zero-order valence-corrected chi connectivity index (χ0v) is 19.4. The molecule has 34 heavy (non-hydrogen) atoms. The normalized spacial score (nSPS) is 12.0. The summed E-state index contributed by atoms with van der Waals surface area (Å²) in [5.74, 6) is -0.334. The van der Waals surface area contributed by atoms with Crippen molar-refractivity contribution >= 4 is 28.6 Å². The molecule has 0 amide bonds. The molecule has 4 aromatic rings. The maximum absolute atomic E-state index is 13.4. The molecule has 2 heterocycles. The van der Waals surface area contributed by atoms with Gasteiger partial charge in [0, 0.05) is 11.3 Å². The molecular weight excluding hydrogens is 462 g/mol. The Hall–Kier alpha value is -3.98. The molecule has 1 unspecified atom stereocenters. The van der Waals surface area contributed by atoms with Gasteiger partial charge in [-0.1, -0.05) is 42.8 Å². The standard InChI is InChI=1S/C24H22ClN3O6/c1-4-17(23(31)34-3)28-22(30)20-16(26-24(28)32)12-19(25)27(20)14-10-8-13(9-11-14)15-6-5-7-18(33-2)21(15)29/h5-12,17,29H,4H2,1-3H3,(H,26,32). The number of methoxy groups -OCH3 is 2. The summed E-state index contributed by atoms with van der Waals surface area (Å²) in [7, 11) is 2.67. The Bertz CT molecular complexity index is 1500. The number of hydrogen-bond donors (Lipinski definition) is 2. The van der Waals surface area contributed by atoms with E-state index < -0.39 is 23.3 Å². The van der Waals surface area contributed by atoms with E-state index in [2.05, 4.69) is 4.98 Å². The number of H-pyrrole nitrogens is 1. The molecule has 176 valence electrons. The lowest BCUT2D eigenvalue weighted by Gasteiger charge is -2.15. The molecule has 0 bridgehead atoms. The van der Waals surface area contributed by atoms with Gasteiger partial charge in [-0.25, -0.2) is 14.2 Å². The summed E-state index contributed by atoms with van der Waals surface area (Å²) in [6.45, 7) is 1.68. The molecule has 0 aliphatic rings. The van der Waals surface area contributed by atoms with Gasteiger partial charge in [0.25, 0.3) is 5.56 Å². The Morgan fingerprint density at radius 3 is 2.47 bits per heavy atom. The van der Waals surface area contributed by atoms with Crippen molar-refractivity contribution in [3.05, 3.63) is 74.5 Å². The van der Waals surface area contributed by atoms with E-state index in [1.807, 2.05) is 0 Å². The smallest absolute Gasteiger partial charge is 0.329 e. The molecular formula is C24H22ClN3O6. The van der Waals surface area contributed by atoms with Gasteiger partial charge in [-0.3, -0.25) is 9.36 Å². The average molecular weight is 484 g/mol. The third kappa shape index (κ3) is 3.73. The van der Waals surface area contributed by atoms with Crippen molar-refractivity contribution in [2.45, 2.75) is 19.4 Å². The van der Waals surface area contributed by atoms with Gasteiger partial charge in [-0.2, -0.15) is 0 Å². The molecule has 0 radical (unpaired) electrons. The molecule has 1 atom stereocenters. The highest BCUT2D eigenvalue weighted by molar-refractivity contribution is 6.31. The quantitative estimate of drug-likeness (QED) is 0.404. The largest absolute Gasteiger partial charge is 0.504 e. The first kappa shape index (κ1) is 23.2. The second kappa shape index (κ2) is 9.11. The van der Waals surface area contributed by atoms with Gasteiger partial charge < -0.3 is 19.6 Å². The monoisotopic (exact) mass is 483 g/mol. The highest BCUT2D eigenvalue weighted by atomic mass is 35.5. The number of fused-ring (bicyclic) bond motifs is 1. The van der Waals surface area contributed by atoms with E-state index in [9.17, 15) is 19.5 Å². The van der Waals surface area contributed by atoms with Crippen molar-refractivity contribution in [2.75, 3.05) is 14.2 Å². The summed E-state index contributed by atoms with van der Waals surface area (Å²) in [4.78, 5) is 40.8. The zero-order chi connectivity index (χ0) is 24.6. The number of phenols is 1. The van der Waals surface area contributed by atoms with Crippen LogP contribution in [0.25, 0.3) is 27.8 Å². The Morgan fingerprint density at radius 2 is 1.85 bits per heavy atom. The lowest BCUT2D eigenvalue weighted by Crippen LogP contribution is -2.41. The molecule has 2 aromatic heterocycles. The lowest BCUT2D eigenvalue weighted by atomic mass is 10.0. The van der Waals surface area contributed by atoms with Crippen LogP contribution in [0.2, 0.25) is 5.15 Å². The van der Waals surface area contributed by atoms with E-state index in [-0.39, 0.29) is 28.4 Å². The van der Waals surface area contributed by atoms with Crippen LogP contribution >= 0.6 is 11.6 Å². The molecule has 0 saturated heterocycles. The highest BCUT2D eigenvalue weighted by Gasteiger charge is 2.26. The van der Waals surface area contributed by atoms with Crippen LogP contribution in [0.15, 0.2) is 58.1 Å². The summed E-state index contributed by atoms with van der Waals surface area (Å²) >= 11 is 6.45. The Balaban J connectivity index is 1.88. The molecule has 4 rings (SSSR count). The fourth-order valence-corrected chi connectivity index (χ4v) is 4.29. The number of ether oxygens (including phenoxy) is 2. The average Bonchev–Trinajstić information content (AvgIpc) is 3.17. The number of phenolic OH excluding ortho intramolecular Hbond substituents is 1. The first-order valence-electron chi connectivity index (χ1n) is 10.4. The number of carbonyl (C=O) groups excluding carboxylic acids is 1. The second-order valence-electron chi connectivity index (χ2n) is 7.52. The summed E-state index contributed by atoms with van der Waals surface area (Å²) < 4.78 is 12.3. The number of aromatic hydroxyl groups is 1. The van der Waals surface area contributed by atoms with Crippen molar-refractivity contribution in [3.8, 4) is 28.3 Å². The molecule has 2 N–H and O–H groups in total. The summed E-state index contributed by atoms with van der Waals surface area (Å²) in [5.41, 5.74) is 0.799. The van der Waals surface area contributed by atoms with Gasteiger partial charge in [0.15, 0.2) is 11.5 Å². The minimum atomic E-state index is -1.08. The Labute approximate surface area is 198 Å². The number of halogens is 1. The maximum atomic E-state index is 13.4. The number of carbonyl (C=O) groups is 1. The fourth-order valence-electron chi connectivity index (χ4n) is 4.00. The van der Waals surface area contributed by atoms with Crippen molar-refractivity contribution in [3.63, 3.8) is 0 Å². The van der Waals surface area contributed by atoms with E-state index >= 15 is 0 Å². The van der Waals surface area contributed by atoms with Gasteiger partial charge in [0.05, 0.1) is 19.7 Å². The van der Waals surface area contributed by atoms with E-state index in [0.717, 1.165) is 10.1 Å². The minimum Gasteiger partial charge on any atom is -0.504 e. The number of nitrogens with one attached hydrogen (secondary N) is 1. The van der Waals surface area contributed by atoms with E-state index in [0.29, 0.717) is 17.0 Å². The number of nitrogens with zero attached hydrogens (tertiary/aromatic N) is 2. The molecule has 10 heteroatoms. The SMILES string of the molecule is CCC(C(=O)OC)n1c(=O)[nH]c2cc(Cl)n(-c3ccc(-c4cccc(OC)c4O)cc3)c2c1=O. The molecule has 9 nitrogen and oxygen atoms in total. The maximum Gasteiger partial charge on any atom is 0.329 e. The first-order valence-corrected chi connectivity index (χ1v) is 10.8. The molecule has 0 fully saturated rings. The summed E-state index contributed by atoms with van der Waals surface area (Å²) in [6.07, 6.45) is 0.189. The number of rotatable bonds is 6. The molecule has 0 aliphatic carbocycles. The third-order valence-corrected chi connectivity index (χ3v) is 5.94. The van der Waals surface area contributed by atoms with Crippen LogP contribution in [-0.4, -0.2) is 39.4 Å². The number of hydrogen-bond acceptors (Lipinski definition) is 6. The number of para-hydroxylation sites is 1. The van der Waals surface area contributed by atoms with E-state index in [4.69, 9.17) is 21.1 Å². The van der Waals surface area contributed by atoms with Crippen LogP contribution in [0.1, 0.15) is 19.4 Å². The van der Waals surface area contributed by atoms with Crippen LogP contribution in [0.3, 0.4) is 0 Å². The van der Waals surface area contributed by atoms with Crippen molar-refractivity contribution in [1.82, 2.24) is 14.1 Å². The van der Waals surface area contributed by atoms with Gasteiger partial charge in [0.1, 0.15) is 16.7 Å². The summed E-state index contributed by atoms with van der Waals surface area (Å²) in [6, 6.07) is 12.6. The van der Waals surface area contributed by atoms with Crippen molar-refractivity contribution in [2.24, 2.45) is 0 Å². The van der Waals surface area contributed by atoms with Crippen LogP contribution < -0.4 is 16.0 Å². The van der Waals surface area contributed by atoms with Gasteiger partial charge in [0.2, 0.25) is 0 Å².